The maximum atomic E-state index is 9.25. The van der Waals surface area contributed by atoms with Crippen molar-refractivity contribution in [3.8, 4) is 0 Å². The van der Waals surface area contributed by atoms with Crippen LogP contribution in [0.15, 0.2) is 24.3 Å². The number of benzene rings is 1. The van der Waals surface area contributed by atoms with Gasteiger partial charge in [-0.3, -0.25) is 0 Å². The standard InChI is InChI=1S/C11H18N2O2/c1-2-11(7-14,8-15)13-10-5-3-4-9(12)6-10/h3-6,13-15H,2,7-8,12H2,1H3. The van der Waals surface area contributed by atoms with Gasteiger partial charge in [-0.15, -0.1) is 0 Å². The molecule has 0 aliphatic carbocycles. The van der Waals surface area contributed by atoms with Gasteiger partial charge in [-0.2, -0.15) is 0 Å². The van der Waals surface area contributed by atoms with Crippen LogP contribution in [0.25, 0.3) is 0 Å². The monoisotopic (exact) mass is 210 g/mol. The molecule has 0 bridgehead atoms. The van der Waals surface area contributed by atoms with E-state index in [2.05, 4.69) is 5.32 Å². The Hall–Kier alpha value is -1.26. The molecular weight excluding hydrogens is 192 g/mol. The molecule has 15 heavy (non-hydrogen) atoms. The van der Waals surface area contributed by atoms with E-state index in [1.807, 2.05) is 19.1 Å². The summed E-state index contributed by atoms with van der Waals surface area (Å²) in [5.41, 5.74) is 6.42. The van der Waals surface area contributed by atoms with Gasteiger partial charge in [0.05, 0.1) is 18.8 Å². The van der Waals surface area contributed by atoms with E-state index in [0.29, 0.717) is 12.1 Å². The molecule has 0 unspecified atom stereocenters. The molecule has 0 saturated heterocycles. The molecule has 0 saturated carbocycles. The predicted octanol–water partition coefficient (Wildman–Crippen LogP) is 0.814. The third kappa shape index (κ3) is 2.84. The molecule has 0 heterocycles. The highest BCUT2D eigenvalue weighted by Crippen LogP contribution is 2.19. The van der Waals surface area contributed by atoms with Crippen molar-refractivity contribution in [1.29, 1.82) is 0 Å². The summed E-state index contributed by atoms with van der Waals surface area (Å²) in [5.74, 6) is 0. The van der Waals surface area contributed by atoms with Crippen LogP contribution in [0.2, 0.25) is 0 Å². The molecule has 84 valence electrons. The first-order chi connectivity index (χ1) is 7.15. The molecule has 0 fully saturated rings. The van der Waals surface area contributed by atoms with Crippen LogP contribution in [-0.4, -0.2) is 29.0 Å². The van der Waals surface area contributed by atoms with Gasteiger partial charge < -0.3 is 21.3 Å². The summed E-state index contributed by atoms with van der Waals surface area (Å²) >= 11 is 0. The topological polar surface area (TPSA) is 78.5 Å². The van der Waals surface area contributed by atoms with E-state index in [1.54, 1.807) is 12.1 Å². The Balaban J connectivity index is 2.82. The number of nitrogen functional groups attached to an aromatic ring is 1. The summed E-state index contributed by atoms with van der Waals surface area (Å²) in [6, 6.07) is 7.24. The number of aliphatic hydroxyl groups is 2. The smallest absolute Gasteiger partial charge is 0.0832 e. The zero-order valence-corrected chi connectivity index (χ0v) is 8.90. The zero-order valence-electron chi connectivity index (χ0n) is 8.90. The van der Waals surface area contributed by atoms with Gasteiger partial charge in [0.15, 0.2) is 0 Å². The maximum Gasteiger partial charge on any atom is 0.0832 e. The summed E-state index contributed by atoms with van der Waals surface area (Å²) in [6.07, 6.45) is 0.634. The molecule has 4 nitrogen and oxygen atoms in total. The van der Waals surface area contributed by atoms with Gasteiger partial charge in [0, 0.05) is 11.4 Å². The second kappa shape index (κ2) is 5.00. The van der Waals surface area contributed by atoms with Gasteiger partial charge in [0.1, 0.15) is 0 Å². The molecule has 0 aliphatic rings. The van der Waals surface area contributed by atoms with Crippen molar-refractivity contribution in [2.75, 3.05) is 24.3 Å². The maximum absolute atomic E-state index is 9.25. The first kappa shape index (κ1) is 11.8. The van der Waals surface area contributed by atoms with E-state index in [0.717, 1.165) is 5.69 Å². The van der Waals surface area contributed by atoms with Crippen LogP contribution in [0.5, 0.6) is 0 Å². The zero-order chi connectivity index (χ0) is 11.3. The Bertz CT molecular complexity index is 303. The van der Waals surface area contributed by atoms with Crippen LogP contribution in [-0.2, 0) is 0 Å². The lowest BCUT2D eigenvalue weighted by molar-refractivity contribution is 0.132. The normalized spacial score (nSPS) is 11.4. The van der Waals surface area contributed by atoms with E-state index >= 15 is 0 Å². The summed E-state index contributed by atoms with van der Waals surface area (Å²) in [4.78, 5) is 0. The van der Waals surface area contributed by atoms with E-state index in [9.17, 15) is 10.2 Å². The number of nitrogens with two attached hydrogens (primary N) is 1. The fourth-order valence-electron chi connectivity index (χ4n) is 1.36. The average molecular weight is 210 g/mol. The summed E-state index contributed by atoms with van der Waals surface area (Å²) < 4.78 is 0. The summed E-state index contributed by atoms with van der Waals surface area (Å²) in [5, 5.41) is 21.6. The number of hydrogen-bond acceptors (Lipinski definition) is 4. The molecule has 0 radical (unpaired) electrons. The largest absolute Gasteiger partial charge is 0.399 e. The number of nitrogens with one attached hydrogen (secondary N) is 1. The number of anilines is 2. The molecule has 1 rings (SSSR count). The molecule has 0 atom stereocenters. The van der Waals surface area contributed by atoms with Crippen LogP contribution < -0.4 is 11.1 Å². The van der Waals surface area contributed by atoms with E-state index in [4.69, 9.17) is 5.73 Å². The Morgan fingerprint density at radius 1 is 1.33 bits per heavy atom. The first-order valence-corrected chi connectivity index (χ1v) is 5.01. The number of aliphatic hydroxyl groups excluding tert-OH is 2. The van der Waals surface area contributed by atoms with Gasteiger partial charge in [-0.25, -0.2) is 0 Å². The van der Waals surface area contributed by atoms with E-state index in [1.165, 1.54) is 0 Å². The molecule has 0 aromatic heterocycles. The van der Waals surface area contributed by atoms with Crippen LogP contribution in [0, 0.1) is 0 Å². The van der Waals surface area contributed by atoms with Crippen molar-refractivity contribution in [1.82, 2.24) is 0 Å². The van der Waals surface area contributed by atoms with Gasteiger partial charge in [-0.1, -0.05) is 13.0 Å². The highest BCUT2D eigenvalue weighted by atomic mass is 16.3. The van der Waals surface area contributed by atoms with Gasteiger partial charge in [0.25, 0.3) is 0 Å². The quantitative estimate of drug-likeness (QED) is 0.542. The minimum absolute atomic E-state index is 0.116. The SMILES string of the molecule is CCC(CO)(CO)Nc1cccc(N)c1. The molecule has 0 aliphatic heterocycles. The third-order valence-electron chi connectivity index (χ3n) is 2.58. The van der Waals surface area contributed by atoms with Gasteiger partial charge >= 0.3 is 0 Å². The van der Waals surface area contributed by atoms with E-state index in [-0.39, 0.29) is 13.2 Å². The molecule has 1 aromatic rings. The van der Waals surface area contributed by atoms with Gasteiger partial charge in [-0.05, 0) is 24.6 Å². The molecule has 0 spiro atoms. The van der Waals surface area contributed by atoms with Crippen LogP contribution in [0.4, 0.5) is 11.4 Å². The number of hydrogen-bond donors (Lipinski definition) is 4. The summed E-state index contributed by atoms with van der Waals surface area (Å²) in [7, 11) is 0. The Labute approximate surface area is 89.7 Å². The molecular formula is C11H18N2O2. The third-order valence-corrected chi connectivity index (χ3v) is 2.58. The van der Waals surface area contributed by atoms with Crippen molar-refractivity contribution >= 4 is 11.4 Å². The van der Waals surface area contributed by atoms with Gasteiger partial charge in [0.2, 0.25) is 0 Å². The van der Waals surface area contributed by atoms with Crippen molar-refractivity contribution in [2.45, 2.75) is 18.9 Å². The molecule has 1 aromatic carbocycles. The first-order valence-electron chi connectivity index (χ1n) is 5.01. The highest BCUT2D eigenvalue weighted by Gasteiger charge is 2.25. The van der Waals surface area contributed by atoms with Crippen molar-refractivity contribution < 1.29 is 10.2 Å². The molecule has 5 N–H and O–H groups in total. The highest BCUT2D eigenvalue weighted by molar-refractivity contribution is 5.55. The Morgan fingerprint density at radius 2 is 2.00 bits per heavy atom. The Kier molecular flexibility index (Phi) is 3.94. The molecule has 4 heteroatoms. The second-order valence-corrected chi connectivity index (χ2v) is 3.70. The van der Waals surface area contributed by atoms with Crippen LogP contribution in [0.3, 0.4) is 0 Å². The molecule has 0 amide bonds. The Morgan fingerprint density at radius 3 is 2.47 bits per heavy atom. The fourth-order valence-corrected chi connectivity index (χ4v) is 1.36. The number of rotatable bonds is 5. The van der Waals surface area contributed by atoms with Crippen molar-refractivity contribution in [3.05, 3.63) is 24.3 Å². The minimum atomic E-state index is -0.673. The lowest BCUT2D eigenvalue weighted by Crippen LogP contribution is -2.45. The van der Waals surface area contributed by atoms with Crippen LogP contribution >= 0.6 is 0 Å². The minimum Gasteiger partial charge on any atom is -0.399 e. The fraction of sp³-hybridized carbons (Fsp3) is 0.455. The second-order valence-electron chi connectivity index (χ2n) is 3.70. The van der Waals surface area contributed by atoms with Crippen molar-refractivity contribution in [3.63, 3.8) is 0 Å². The average Bonchev–Trinajstić information content (AvgIpc) is 2.26. The predicted molar refractivity (Wildman–Crippen MR) is 61.7 cm³/mol. The lowest BCUT2D eigenvalue weighted by Gasteiger charge is -2.31. The summed E-state index contributed by atoms with van der Waals surface area (Å²) in [6.45, 7) is 1.68. The lowest BCUT2D eigenvalue weighted by atomic mass is 9.98. The van der Waals surface area contributed by atoms with E-state index < -0.39 is 5.54 Å². The van der Waals surface area contributed by atoms with Crippen molar-refractivity contribution in [2.24, 2.45) is 0 Å². The van der Waals surface area contributed by atoms with Crippen LogP contribution in [0.1, 0.15) is 13.3 Å².